The van der Waals surface area contributed by atoms with Crippen LogP contribution in [0.4, 0.5) is 9.52 Å². The van der Waals surface area contributed by atoms with E-state index in [1.807, 2.05) is 6.92 Å². The van der Waals surface area contributed by atoms with Gasteiger partial charge in [-0.15, -0.1) is 10.2 Å². The van der Waals surface area contributed by atoms with Crippen LogP contribution in [0.3, 0.4) is 0 Å². The van der Waals surface area contributed by atoms with E-state index in [4.69, 9.17) is 4.74 Å². The Morgan fingerprint density at radius 2 is 2.11 bits per heavy atom. The largest absolute Gasteiger partial charge is 0.381 e. The molecule has 2 aromatic rings. The van der Waals surface area contributed by atoms with Crippen molar-refractivity contribution in [3.63, 3.8) is 0 Å². The summed E-state index contributed by atoms with van der Waals surface area (Å²) in [6.45, 7) is 4.03. The molecule has 1 N–H and O–H groups in total. The highest BCUT2D eigenvalue weighted by molar-refractivity contribution is 7.15. The Bertz CT molecular complexity index is 812. The summed E-state index contributed by atoms with van der Waals surface area (Å²) in [5, 5.41) is 12.0. The van der Waals surface area contributed by atoms with Crippen molar-refractivity contribution in [3.05, 3.63) is 40.7 Å². The molecule has 9 heteroatoms. The lowest BCUT2D eigenvalue weighted by Gasteiger charge is -2.16. The molecule has 1 atom stereocenters. The molecule has 0 radical (unpaired) electrons. The SMILES string of the molecule is CCOCCc1nnc(NC(=O)[C@H]2CC(=O)N(CCc3ccc(F)cc3)C2)s1. The van der Waals surface area contributed by atoms with E-state index in [1.54, 1.807) is 17.0 Å². The van der Waals surface area contributed by atoms with Gasteiger partial charge in [0.05, 0.1) is 12.5 Å². The molecular formula is C19H23FN4O3S. The number of carbonyl (C=O) groups is 2. The van der Waals surface area contributed by atoms with Crippen molar-refractivity contribution in [2.75, 3.05) is 31.6 Å². The summed E-state index contributed by atoms with van der Waals surface area (Å²) in [6, 6.07) is 6.22. The van der Waals surface area contributed by atoms with E-state index >= 15 is 0 Å². The summed E-state index contributed by atoms with van der Waals surface area (Å²) in [6.07, 6.45) is 1.46. The van der Waals surface area contributed by atoms with Gasteiger partial charge in [0, 0.05) is 32.5 Å². The molecule has 1 aromatic carbocycles. The summed E-state index contributed by atoms with van der Waals surface area (Å²) in [5.41, 5.74) is 0.954. The number of halogens is 1. The van der Waals surface area contributed by atoms with Crippen LogP contribution in [0.25, 0.3) is 0 Å². The monoisotopic (exact) mass is 406 g/mol. The predicted molar refractivity (Wildman–Crippen MR) is 104 cm³/mol. The van der Waals surface area contributed by atoms with Gasteiger partial charge >= 0.3 is 0 Å². The Balaban J connectivity index is 1.47. The molecule has 2 amide bonds. The number of hydrogen-bond acceptors (Lipinski definition) is 6. The Kier molecular flexibility index (Phi) is 7.05. The van der Waals surface area contributed by atoms with Gasteiger partial charge < -0.3 is 15.0 Å². The van der Waals surface area contributed by atoms with E-state index in [9.17, 15) is 14.0 Å². The lowest BCUT2D eigenvalue weighted by atomic mass is 10.1. The van der Waals surface area contributed by atoms with Crippen molar-refractivity contribution in [2.45, 2.75) is 26.2 Å². The fourth-order valence-corrected chi connectivity index (χ4v) is 3.72. The number of anilines is 1. The third-order valence-electron chi connectivity index (χ3n) is 4.53. The topological polar surface area (TPSA) is 84.4 Å². The number of ether oxygens (including phenoxy) is 1. The molecule has 0 saturated carbocycles. The molecule has 28 heavy (non-hydrogen) atoms. The van der Waals surface area contributed by atoms with Crippen molar-refractivity contribution in [3.8, 4) is 0 Å². The first-order valence-corrected chi connectivity index (χ1v) is 10.1. The zero-order valence-electron chi connectivity index (χ0n) is 15.7. The number of aromatic nitrogens is 2. The van der Waals surface area contributed by atoms with E-state index in [0.717, 1.165) is 10.6 Å². The number of nitrogens with one attached hydrogen (secondary N) is 1. The molecule has 3 rings (SSSR count). The lowest BCUT2D eigenvalue weighted by molar-refractivity contribution is -0.128. The number of nitrogens with zero attached hydrogens (tertiary/aromatic N) is 3. The molecule has 0 spiro atoms. The molecular weight excluding hydrogens is 383 g/mol. The third-order valence-corrected chi connectivity index (χ3v) is 5.43. The van der Waals surface area contributed by atoms with E-state index < -0.39 is 5.92 Å². The van der Waals surface area contributed by atoms with Crippen molar-refractivity contribution in [2.24, 2.45) is 5.92 Å². The van der Waals surface area contributed by atoms with Crippen LogP contribution in [-0.2, 0) is 27.2 Å². The van der Waals surface area contributed by atoms with Gasteiger partial charge in [-0.2, -0.15) is 0 Å². The highest BCUT2D eigenvalue weighted by Gasteiger charge is 2.34. The first-order valence-electron chi connectivity index (χ1n) is 9.28. The standard InChI is InChI=1S/C19H23FN4O3S/c1-2-27-10-8-16-22-23-19(28-16)21-18(26)14-11-17(25)24(12-14)9-7-13-3-5-15(20)6-4-13/h3-6,14H,2,7-12H2,1H3,(H,21,23,26)/t14-/m0/s1. The summed E-state index contributed by atoms with van der Waals surface area (Å²) < 4.78 is 18.2. The molecule has 0 aliphatic carbocycles. The summed E-state index contributed by atoms with van der Waals surface area (Å²) in [7, 11) is 0. The summed E-state index contributed by atoms with van der Waals surface area (Å²) in [4.78, 5) is 26.4. The number of amides is 2. The normalized spacial score (nSPS) is 16.6. The fourth-order valence-electron chi connectivity index (χ4n) is 3.00. The van der Waals surface area contributed by atoms with Crippen LogP contribution in [0.15, 0.2) is 24.3 Å². The molecule has 1 fully saturated rings. The number of carbonyl (C=O) groups excluding carboxylic acids is 2. The Hall–Kier alpha value is -2.39. The number of rotatable bonds is 9. The van der Waals surface area contributed by atoms with Gasteiger partial charge in [-0.25, -0.2) is 4.39 Å². The first-order chi connectivity index (χ1) is 13.5. The Labute approximate surface area is 166 Å². The van der Waals surface area contributed by atoms with Crippen molar-refractivity contribution < 1.29 is 18.7 Å². The molecule has 150 valence electrons. The quantitative estimate of drug-likeness (QED) is 0.646. The van der Waals surface area contributed by atoms with Gasteiger partial charge in [0.1, 0.15) is 10.8 Å². The van der Waals surface area contributed by atoms with Gasteiger partial charge in [0.2, 0.25) is 16.9 Å². The second kappa shape index (κ2) is 9.70. The zero-order valence-corrected chi connectivity index (χ0v) is 16.5. The maximum atomic E-state index is 13.0. The highest BCUT2D eigenvalue weighted by atomic mass is 32.1. The second-order valence-corrected chi connectivity index (χ2v) is 7.62. The van der Waals surface area contributed by atoms with Crippen LogP contribution >= 0.6 is 11.3 Å². The molecule has 0 bridgehead atoms. The Morgan fingerprint density at radius 3 is 2.86 bits per heavy atom. The van der Waals surface area contributed by atoms with Crippen LogP contribution < -0.4 is 5.32 Å². The predicted octanol–water partition coefficient (Wildman–Crippen LogP) is 2.29. The van der Waals surface area contributed by atoms with E-state index in [1.165, 1.54) is 23.5 Å². The minimum atomic E-state index is -0.406. The summed E-state index contributed by atoms with van der Waals surface area (Å²) in [5.74, 6) is -0.950. The van der Waals surface area contributed by atoms with Gasteiger partial charge in [0.15, 0.2) is 0 Å². The zero-order chi connectivity index (χ0) is 19.9. The van der Waals surface area contributed by atoms with Crippen molar-refractivity contribution in [1.29, 1.82) is 0 Å². The van der Waals surface area contributed by atoms with E-state index in [2.05, 4.69) is 15.5 Å². The molecule has 1 aromatic heterocycles. The smallest absolute Gasteiger partial charge is 0.231 e. The molecule has 1 aliphatic heterocycles. The lowest BCUT2D eigenvalue weighted by Crippen LogP contribution is -2.30. The van der Waals surface area contributed by atoms with Gasteiger partial charge in [-0.05, 0) is 31.0 Å². The molecule has 2 heterocycles. The molecule has 0 unspecified atom stereocenters. The number of hydrogen-bond donors (Lipinski definition) is 1. The van der Waals surface area contributed by atoms with Crippen LogP contribution in [0.1, 0.15) is 23.9 Å². The van der Waals surface area contributed by atoms with Crippen molar-refractivity contribution in [1.82, 2.24) is 15.1 Å². The second-order valence-electron chi connectivity index (χ2n) is 6.55. The molecule has 7 nitrogen and oxygen atoms in total. The molecule has 1 saturated heterocycles. The minimum absolute atomic E-state index is 0.0445. The van der Waals surface area contributed by atoms with Crippen LogP contribution in [0.2, 0.25) is 0 Å². The fraction of sp³-hybridized carbons (Fsp3) is 0.474. The maximum Gasteiger partial charge on any atom is 0.231 e. The average molecular weight is 406 g/mol. The maximum absolute atomic E-state index is 13.0. The van der Waals surface area contributed by atoms with Gasteiger partial charge in [-0.3, -0.25) is 9.59 Å². The minimum Gasteiger partial charge on any atom is -0.381 e. The summed E-state index contributed by atoms with van der Waals surface area (Å²) >= 11 is 1.32. The van der Waals surface area contributed by atoms with Gasteiger partial charge in [-0.1, -0.05) is 23.5 Å². The third kappa shape index (κ3) is 5.56. The van der Waals surface area contributed by atoms with Crippen LogP contribution in [-0.4, -0.2) is 53.2 Å². The first kappa shape index (κ1) is 20.3. The van der Waals surface area contributed by atoms with Gasteiger partial charge in [0.25, 0.3) is 0 Å². The van der Waals surface area contributed by atoms with Crippen LogP contribution in [0, 0.1) is 11.7 Å². The average Bonchev–Trinajstić information content (AvgIpc) is 3.28. The van der Waals surface area contributed by atoms with Crippen molar-refractivity contribution >= 4 is 28.3 Å². The highest BCUT2D eigenvalue weighted by Crippen LogP contribution is 2.22. The van der Waals surface area contributed by atoms with Crippen LogP contribution in [0.5, 0.6) is 0 Å². The molecule has 1 aliphatic rings. The Morgan fingerprint density at radius 1 is 1.32 bits per heavy atom. The number of benzene rings is 1. The van der Waals surface area contributed by atoms with E-state index in [0.29, 0.717) is 44.3 Å². The van der Waals surface area contributed by atoms with E-state index in [-0.39, 0.29) is 24.1 Å². The number of likely N-dealkylation sites (tertiary alicyclic amines) is 1.